The Morgan fingerprint density at radius 2 is 1.80 bits per heavy atom. The second-order valence-corrected chi connectivity index (χ2v) is 5.30. The fourth-order valence-electron chi connectivity index (χ4n) is 2.61. The first-order chi connectivity index (χ1) is 9.65. The second kappa shape index (κ2) is 5.06. The second-order valence-electron chi connectivity index (χ2n) is 5.30. The minimum atomic E-state index is -0.132. The molecule has 0 saturated heterocycles. The van der Waals surface area contributed by atoms with Gasteiger partial charge in [0.1, 0.15) is 0 Å². The molecule has 0 aliphatic carbocycles. The molecule has 0 saturated carbocycles. The Hall–Kier alpha value is -2.19. The van der Waals surface area contributed by atoms with Crippen LogP contribution in [0, 0.1) is 13.8 Å². The van der Waals surface area contributed by atoms with Crippen LogP contribution in [0.4, 0.5) is 0 Å². The van der Waals surface area contributed by atoms with Gasteiger partial charge in [-0.2, -0.15) is 0 Å². The van der Waals surface area contributed by atoms with Crippen LogP contribution >= 0.6 is 0 Å². The van der Waals surface area contributed by atoms with E-state index in [0.29, 0.717) is 0 Å². The van der Waals surface area contributed by atoms with E-state index in [4.69, 9.17) is 5.73 Å². The topological polar surface area (TPSA) is 38.9 Å². The van der Waals surface area contributed by atoms with Crippen molar-refractivity contribution < 1.29 is 0 Å². The lowest BCUT2D eigenvalue weighted by Crippen LogP contribution is -2.13. The van der Waals surface area contributed by atoms with Crippen LogP contribution in [0.3, 0.4) is 0 Å². The van der Waals surface area contributed by atoms with E-state index < -0.39 is 0 Å². The fourth-order valence-corrected chi connectivity index (χ4v) is 2.61. The maximum atomic E-state index is 6.42. The summed E-state index contributed by atoms with van der Waals surface area (Å²) in [6.07, 6.45) is 1.88. The van der Waals surface area contributed by atoms with Gasteiger partial charge in [0.2, 0.25) is 0 Å². The Bertz CT molecular complexity index is 762. The summed E-state index contributed by atoms with van der Waals surface area (Å²) in [5.41, 5.74) is 12.1. The largest absolute Gasteiger partial charge is 0.320 e. The Kier molecular flexibility index (Phi) is 3.25. The average Bonchev–Trinajstić information content (AvgIpc) is 2.46. The van der Waals surface area contributed by atoms with E-state index in [1.54, 1.807) is 0 Å². The van der Waals surface area contributed by atoms with Crippen LogP contribution in [-0.2, 0) is 0 Å². The van der Waals surface area contributed by atoms with Crippen molar-refractivity contribution in [2.24, 2.45) is 5.73 Å². The summed E-state index contributed by atoms with van der Waals surface area (Å²) in [5.74, 6) is 0. The van der Waals surface area contributed by atoms with Crippen molar-refractivity contribution in [2.75, 3.05) is 0 Å². The number of nitrogens with zero attached hydrogens (tertiary/aromatic N) is 1. The fraction of sp³-hybridized carbons (Fsp3) is 0.167. The predicted octanol–water partition coefficient (Wildman–Crippen LogP) is 3.90. The number of aryl methyl sites for hydroxylation is 2. The summed E-state index contributed by atoms with van der Waals surface area (Å²) in [6, 6.07) is 16.5. The van der Waals surface area contributed by atoms with E-state index in [-0.39, 0.29) is 6.04 Å². The number of pyridine rings is 1. The Labute approximate surface area is 119 Å². The van der Waals surface area contributed by atoms with E-state index in [1.807, 2.05) is 24.4 Å². The van der Waals surface area contributed by atoms with Gasteiger partial charge in [0.25, 0.3) is 0 Å². The van der Waals surface area contributed by atoms with Crippen LogP contribution in [0.25, 0.3) is 10.9 Å². The maximum Gasteiger partial charge on any atom is 0.0702 e. The van der Waals surface area contributed by atoms with Gasteiger partial charge in [0.05, 0.1) is 11.6 Å². The lowest BCUT2D eigenvalue weighted by atomic mass is 9.95. The maximum absolute atomic E-state index is 6.42. The summed E-state index contributed by atoms with van der Waals surface area (Å²) < 4.78 is 0. The number of hydrogen-bond donors (Lipinski definition) is 1. The molecular formula is C18H18N2. The molecule has 2 N–H and O–H groups in total. The lowest BCUT2D eigenvalue weighted by molar-refractivity contribution is 0.856. The van der Waals surface area contributed by atoms with E-state index in [1.165, 1.54) is 11.1 Å². The van der Waals surface area contributed by atoms with Gasteiger partial charge in [-0.15, -0.1) is 0 Å². The van der Waals surface area contributed by atoms with Crippen LogP contribution in [0.2, 0.25) is 0 Å². The molecule has 0 bridgehead atoms. The van der Waals surface area contributed by atoms with Crippen molar-refractivity contribution in [3.8, 4) is 0 Å². The quantitative estimate of drug-likeness (QED) is 0.760. The molecule has 1 atom stereocenters. The third kappa shape index (κ3) is 2.30. The highest BCUT2D eigenvalue weighted by Crippen LogP contribution is 2.25. The molecule has 100 valence electrons. The molecule has 0 amide bonds. The summed E-state index contributed by atoms with van der Waals surface area (Å²) in [4.78, 5) is 4.49. The van der Waals surface area contributed by atoms with Gasteiger partial charge >= 0.3 is 0 Å². The van der Waals surface area contributed by atoms with Crippen molar-refractivity contribution in [3.05, 3.63) is 77.0 Å². The van der Waals surface area contributed by atoms with Gasteiger partial charge in [-0.05, 0) is 42.7 Å². The van der Waals surface area contributed by atoms with Crippen LogP contribution in [0.5, 0.6) is 0 Å². The number of rotatable bonds is 2. The number of nitrogens with two attached hydrogens (primary N) is 1. The summed E-state index contributed by atoms with van der Waals surface area (Å²) in [6.45, 7) is 4.20. The normalized spacial score (nSPS) is 12.6. The SMILES string of the molecule is Cc1ccc(C(N)c2cnc3ccccc3c2)c(C)c1. The van der Waals surface area contributed by atoms with Crippen LogP contribution in [0.1, 0.15) is 28.3 Å². The number of aromatic nitrogens is 1. The van der Waals surface area contributed by atoms with E-state index >= 15 is 0 Å². The predicted molar refractivity (Wildman–Crippen MR) is 83.7 cm³/mol. The van der Waals surface area contributed by atoms with Gasteiger partial charge in [-0.1, -0.05) is 42.0 Å². The number of fused-ring (bicyclic) bond motifs is 1. The molecule has 2 aromatic carbocycles. The Morgan fingerprint density at radius 1 is 1.00 bits per heavy atom. The van der Waals surface area contributed by atoms with Crippen molar-refractivity contribution in [3.63, 3.8) is 0 Å². The number of benzene rings is 2. The Morgan fingerprint density at radius 3 is 2.60 bits per heavy atom. The highest BCUT2D eigenvalue weighted by molar-refractivity contribution is 5.79. The van der Waals surface area contributed by atoms with Crippen molar-refractivity contribution >= 4 is 10.9 Å². The minimum Gasteiger partial charge on any atom is -0.320 e. The van der Waals surface area contributed by atoms with Gasteiger partial charge in [-0.3, -0.25) is 4.98 Å². The van der Waals surface area contributed by atoms with Crippen molar-refractivity contribution in [2.45, 2.75) is 19.9 Å². The molecule has 20 heavy (non-hydrogen) atoms. The smallest absolute Gasteiger partial charge is 0.0702 e. The summed E-state index contributed by atoms with van der Waals surface area (Å²) >= 11 is 0. The highest BCUT2D eigenvalue weighted by atomic mass is 14.7. The zero-order valence-corrected chi connectivity index (χ0v) is 11.8. The molecule has 3 rings (SSSR count). The van der Waals surface area contributed by atoms with Crippen LogP contribution < -0.4 is 5.73 Å². The molecular weight excluding hydrogens is 244 g/mol. The van der Waals surface area contributed by atoms with E-state index in [2.05, 4.69) is 49.2 Å². The molecule has 0 radical (unpaired) electrons. The van der Waals surface area contributed by atoms with E-state index in [9.17, 15) is 0 Å². The number of hydrogen-bond acceptors (Lipinski definition) is 2. The first kappa shape index (κ1) is 12.8. The lowest BCUT2D eigenvalue weighted by Gasteiger charge is -2.16. The summed E-state index contributed by atoms with van der Waals surface area (Å²) in [5, 5.41) is 1.13. The molecule has 0 aliphatic heterocycles. The zero-order valence-electron chi connectivity index (χ0n) is 11.8. The third-order valence-electron chi connectivity index (χ3n) is 3.73. The highest BCUT2D eigenvalue weighted by Gasteiger charge is 2.12. The molecule has 0 spiro atoms. The first-order valence-corrected chi connectivity index (χ1v) is 6.82. The monoisotopic (exact) mass is 262 g/mol. The third-order valence-corrected chi connectivity index (χ3v) is 3.73. The minimum absolute atomic E-state index is 0.132. The molecule has 0 fully saturated rings. The Balaban J connectivity index is 2.05. The van der Waals surface area contributed by atoms with Gasteiger partial charge < -0.3 is 5.73 Å². The van der Waals surface area contributed by atoms with Crippen LogP contribution in [0.15, 0.2) is 54.7 Å². The molecule has 2 heteroatoms. The molecule has 1 aromatic heterocycles. The molecule has 0 aliphatic rings. The summed E-state index contributed by atoms with van der Waals surface area (Å²) in [7, 11) is 0. The standard InChI is InChI=1S/C18H18N2/c1-12-7-8-16(13(2)9-12)18(19)15-10-14-5-3-4-6-17(14)20-11-15/h3-11,18H,19H2,1-2H3. The van der Waals surface area contributed by atoms with E-state index in [0.717, 1.165) is 22.0 Å². The molecule has 1 unspecified atom stereocenters. The molecule has 3 aromatic rings. The molecule has 1 heterocycles. The molecule has 2 nitrogen and oxygen atoms in total. The van der Waals surface area contributed by atoms with Crippen molar-refractivity contribution in [1.29, 1.82) is 0 Å². The van der Waals surface area contributed by atoms with Gasteiger partial charge in [0, 0.05) is 11.6 Å². The first-order valence-electron chi connectivity index (χ1n) is 6.82. The van der Waals surface area contributed by atoms with Gasteiger partial charge in [0.15, 0.2) is 0 Å². The van der Waals surface area contributed by atoms with Crippen LogP contribution in [-0.4, -0.2) is 4.98 Å². The average molecular weight is 262 g/mol. The van der Waals surface area contributed by atoms with Gasteiger partial charge in [-0.25, -0.2) is 0 Å². The zero-order chi connectivity index (χ0) is 14.1. The van der Waals surface area contributed by atoms with Crippen molar-refractivity contribution in [1.82, 2.24) is 4.98 Å². The number of para-hydroxylation sites is 1.